The molecule has 2 rings (SSSR count). The average molecular weight is 289 g/mol. The average Bonchev–Trinajstić information content (AvgIpc) is 2.43. The number of rotatable bonds is 4. The maximum Gasteiger partial charge on any atom is 0.328 e. The Morgan fingerprint density at radius 2 is 1.71 bits per heavy atom. The molecule has 0 aliphatic carbocycles. The second kappa shape index (κ2) is 5.80. The van der Waals surface area contributed by atoms with Gasteiger partial charge in [-0.3, -0.25) is 4.79 Å². The second-order valence-electron chi connectivity index (χ2n) is 4.75. The number of carboxylic acid groups (broad SMARTS) is 1. The molecule has 0 aromatic heterocycles. The van der Waals surface area contributed by atoms with Crippen molar-refractivity contribution in [2.75, 3.05) is 0 Å². The monoisotopic (exact) mass is 289 g/mol. The smallest absolute Gasteiger partial charge is 0.328 e. The first-order chi connectivity index (χ1) is 9.90. The Balaban J connectivity index is 2.34. The molecule has 21 heavy (non-hydrogen) atoms. The summed E-state index contributed by atoms with van der Waals surface area (Å²) in [6.07, 6.45) is -1.26. The van der Waals surface area contributed by atoms with Crippen LogP contribution in [-0.2, 0) is 4.79 Å². The van der Waals surface area contributed by atoms with Crippen molar-refractivity contribution in [3.05, 3.63) is 42.0 Å². The Labute approximate surface area is 120 Å². The van der Waals surface area contributed by atoms with Crippen molar-refractivity contribution in [2.45, 2.75) is 19.1 Å². The lowest BCUT2D eigenvalue weighted by Crippen LogP contribution is -2.47. The highest BCUT2D eigenvalue weighted by Crippen LogP contribution is 2.25. The molecule has 0 spiro atoms. The number of aliphatic carboxylic acids is 1. The molecule has 2 atom stereocenters. The molecule has 2 aromatic carbocycles. The number of aliphatic hydroxyl groups is 1. The van der Waals surface area contributed by atoms with Crippen LogP contribution in [0.4, 0.5) is 0 Å². The highest BCUT2D eigenvalue weighted by atomic mass is 16.4. The largest absolute Gasteiger partial charge is 0.507 e. The van der Waals surface area contributed by atoms with Crippen molar-refractivity contribution in [1.29, 1.82) is 0 Å². The van der Waals surface area contributed by atoms with Crippen molar-refractivity contribution >= 4 is 22.6 Å². The molecule has 110 valence electrons. The number of nitrogens with one attached hydrogen (secondary N) is 1. The Bertz CT molecular complexity index is 696. The van der Waals surface area contributed by atoms with Gasteiger partial charge in [0, 0.05) is 0 Å². The van der Waals surface area contributed by atoms with Gasteiger partial charge in [-0.1, -0.05) is 24.3 Å². The number of carbonyl (C=O) groups excluding carboxylic acids is 1. The summed E-state index contributed by atoms with van der Waals surface area (Å²) in [5.41, 5.74) is -0.0411. The van der Waals surface area contributed by atoms with Gasteiger partial charge in [0.15, 0.2) is 6.04 Å². The third-order valence-corrected chi connectivity index (χ3v) is 3.14. The number of carbonyl (C=O) groups is 2. The highest BCUT2D eigenvalue weighted by Gasteiger charge is 2.26. The van der Waals surface area contributed by atoms with Crippen LogP contribution < -0.4 is 5.32 Å². The van der Waals surface area contributed by atoms with Gasteiger partial charge in [0.25, 0.3) is 5.91 Å². The number of phenols is 1. The predicted octanol–water partition coefficient (Wildman–Crippen LogP) is 1.11. The van der Waals surface area contributed by atoms with E-state index in [1.165, 1.54) is 19.1 Å². The molecule has 0 bridgehead atoms. The first-order valence-electron chi connectivity index (χ1n) is 6.33. The van der Waals surface area contributed by atoms with Crippen LogP contribution >= 0.6 is 0 Å². The fraction of sp³-hybridized carbons (Fsp3) is 0.200. The van der Waals surface area contributed by atoms with E-state index < -0.39 is 24.0 Å². The van der Waals surface area contributed by atoms with Gasteiger partial charge >= 0.3 is 5.97 Å². The number of phenolic OH excluding ortho intramolecular Hbond substituents is 1. The van der Waals surface area contributed by atoms with E-state index in [9.17, 15) is 19.8 Å². The first kappa shape index (κ1) is 14.8. The Kier molecular flexibility index (Phi) is 4.09. The molecule has 0 aliphatic rings. The van der Waals surface area contributed by atoms with E-state index in [2.05, 4.69) is 5.32 Å². The van der Waals surface area contributed by atoms with E-state index in [0.717, 1.165) is 10.8 Å². The fourth-order valence-electron chi connectivity index (χ4n) is 2.02. The molecular formula is C15H15NO5. The van der Waals surface area contributed by atoms with Crippen molar-refractivity contribution < 1.29 is 24.9 Å². The van der Waals surface area contributed by atoms with Gasteiger partial charge in [0.2, 0.25) is 0 Å². The Hall–Kier alpha value is -2.60. The zero-order chi connectivity index (χ0) is 15.6. The lowest BCUT2D eigenvalue weighted by atomic mass is 10.0. The van der Waals surface area contributed by atoms with E-state index in [1.54, 1.807) is 24.3 Å². The molecule has 4 N–H and O–H groups in total. The number of amides is 1. The zero-order valence-corrected chi connectivity index (χ0v) is 11.3. The summed E-state index contributed by atoms with van der Waals surface area (Å²) in [5.74, 6) is -2.36. The van der Waals surface area contributed by atoms with Crippen LogP contribution in [0.25, 0.3) is 10.8 Å². The van der Waals surface area contributed by atoms with Gasteiger partial charge in [-0.15, -0.1) is 0 Å². The van der Waals surface area contributed by atoms with E-state index in [-0.39, 0.29) is 11.3 Å². The molecule has 0 heterocycles. The van der Waals surface area contributed by atoms with Crippen LogP contribution in [0.1, 0.15) is 17.3 Å². The van der Waals surface area contributed by atoms with Gasteiger partial charge < -0.3 is 20.6 Å². The normalized spacial score (nSPS) is 13.6. The van der Waals surface area contributed by atoms with Gasteiger partial charge in [-0.2, -0.15) is 0 Å². The molecule has 6 nitrogen and oxygen atoms in total. The lowest BCUT2D eigenvalue weighted by Gasteiger charge is -2.17. The Morgan fingerprint density at radius 1 is 1.14 bits per heavy atom. The fourth-order valence-corrected chi connectivity index (χ4v) is 2.02. The number of hydrogen-bond acceptors (Lipinski definition) is 4. The number of carboxylic acids is 1. The van der Waals surface area contributed by atoms with E-state index in [4.69, 9.17) is 5.11 Å². The second-order valence-corrected chi connectivity index (χ2v) is 4.75. The molecule has 6 heteroatoms. The minimum atomic E-state index is -1.44. The molecule has 0 unspecified atom stereocenters. The van der Waals surface area contributed by atoms with E-state index in [0.29, 0.717) is 0 Å². The third kappa shape index (κ3) is 3.11. The minimum absolute atomic E-state index is 0.0411. The number of fused-ring (bicyclic) bond motifs is 1. The van der Waals surface area contributed by atoms with Crippen molar-refractivity contribution in [1.82, 2.24) is 5.32 Å². The maximum atomic E-state index is 12.1. The van der Waals surface area contributed by atoms with Gasteiger partial charge in [-0.25, -0.2) is 4.79 Å². The van der Waals surface area contributed by atoms with E-state index >= 15 is 0 Å². The topological polar surface area (TPSA) is 107 Å². The van der Waals surface area contributed by atoms with Crippen molar-refractivity contribution in [3.63, 3.8) is 0 Å². The third-order valence-electron chi connectivity index (χ3n) is 3.14. The lowest BCUT2D eigenvalue weighted by molar-refractivity contribution is -0.141. The van der Waals surface area contributed by atoms with Crippen LogP contribution in [0.15, 0.2) is 36.4 Å². The number of hydrogen-bond donors (Lipinski definition) is 4. The van der Waals surface area contributed by atoms with Crippen LogP contribution in [0, 0.1) is 0 Å². The summed E-state index contributed by atoms with van der Waals surface area (Å²) in [6, 6.07) is 8.61. The summed E-state index contributed by atoms with van der Waals surface area (Å²) < 4.78 is 0. The number of benzene rings is 2. The molecule has 0 fully saturated rings. The summed E-state index contributed by atoms with van der Waals surface area (Å²) in [6.45, 7) is 1.26. The predicted molar refractivity (Wildman–Crippen MR) is 76.2 cm³/mol. The quantitative estimate of drug-likeness (QED) is 0.674. The zero-order valence-electron chi connectivity index (χ0n) is 11.3. The van der Waals surface area contributed by atoms with Crippen molar-refractivity contribution in [3.8, 4) is 5.75 Å². The maximum absolute atomic E-state index is 12.1. The SMILES string of the molecule is C[C@@H](O)[C@H](NC(=O)c1cc2ccccc2cc1O)C(=O)O. The van der Waals surface area contributed by atoms with Crippen LogP contribution in [-0.4, -0.2) is 39.3 Å². The summed E-state index contributed by atoms with van der Waals surface area (Å²) >= 11 is 0. The molecule has 1 amide bonds. The van der Waals surface area contributed by atoms with Gasteiger partial charge in [0.05, 0.1) is 11.7 Å². The molecule has 0 saturated heterocycles. The standard InChI is InChI=1S/C15H15NO5/c1-8(17)13(15(20)21)16-14(19)11-6-9-4-2-3-5-10(9)7-12(11)18/h2-8,13,17-18H,1H3,(H,16,19)(H,20,21)/t8-,13+/m1/s1. The van der Waals surface area contributed by atoms with Crippen molar-refractivity contribution in [2.24, 2.45) is 0 Å². The summed E-state index contributed by atoms with van der Waals surface area (Å²) in [4.78, 5) is 23.1. The highest BCUT2D eigenvalue weighted by molar-refractivity contribution is 6.02. The number of aliphatic hydroxyl groups excluding tert-OH is 1. The van der Waals surface area contributed by atoms with Crippen LogP contribution in [0.3, 0.4) is 0 Å². The summed E-state index contributed by atoms with van der Waals surface area (Å²) in [7, 11) is 0. The molecule has 0 saturated carbocycles. The van der Waals surface area contributed by atoms with Gasteiger partial charge in [0.1, 0.15) is 5.75 Å². The van der Waals surface area contributed by atoms with E-state index in [1.807, 2.05) is 0 Å². The minimum Gasteiger partial charge on any atom is -0.507 e. The molecule has 0 radical (unpaired) electrons. The molecule has 0 aliphatic heterocycles. The Morgan fingerprint density at radius 3 is 2.24 bits per heavy atom. The molecular weight excluding hydrogens is 274 g/mol. The van der Waals surface area contributed by atoms with Gasteiger partial charge in [-0.05, 0) is 29.8 Å². The first-order valence-corrected chi connectivity index (χ1v) is 6.33. The summed E-state index contributed by atoms with van der Waals surface area (Å²) in [5, 5.41) is 31.9. The molecule has 2 aromatic rings. The van der Waals surface area contributed by atoms with Crippen LogP contribution in [0.5, 0.6) is 5.75 Å². The number of aromatic hydroxyl groups is 1. The van der Waals surface area contributed by atoms with Crippen LogP contribution in [0.2, 0.25) is 0 Å².